The average molecular weight is 539 g/mol. The Morgan fingerprint density at radius 3 is 2.27 bits per heavy atom. The second-order valence-corrected chi connectivity index (χ2v) is 9.51. The lowest BCUT2D eigenvalue weighted by Crippen LogP contribution is -2.24. The molecule has 0 aliphatic carbocycles. The first-order valence-corrected chi connectivity index (χ1v) is 12.6. The first-order chi connectivity index (χ1) is 17.5. The number of aliphatic hydroxyl groups is 2. The average Bonchev–Trinajstić information content (AvgIpc) is 2.84. The molecule has 0 unspecified atom stereocenters. The Bertz CT molecular complexity index is 1350. The topological polar surface area (TPSA) is 125 Å². The van der Waals surface area contributed by atoms with Crippen molar-refractivity contribution in [3.8, 4) is 5.75 Å². The molecular weight excluding hydrogens is 513 g/mol. The number of benzene rings is 3. The van der Waals surface area contributed by atoms with Crippen LogP contribution in [0, 0.1) is 0 Å². The van der Waals surface area contributed by atoms with Crippen LogP contribution in [0.3, 0.4) is 0 Å². The van der Waals surface area contributed by atoms with Crippen LogP contribution in [-0.2, 0) is 27.6 Å². The van der Waals surface area contributed by atoms with Gasteiger partial charge in [0.1, 0.15) is 10.6 Å². The predicted octanol–water partition coefficient (Wildman–Crippen LogP) is 4.11. The van der Waals surface area contributed by atoms with Crippen molar-refractivity contribution >= 4 is 27.3 Å². The van der Waals surface area contributed by atoms with Gasteiger partial charge in [0.25, 0.3) is 10.0 Å². The molecule has 0 aliphatic heterocycles. The van der Waals surface area contributed by atoms with Crippen molar-refractivity contribution in [3.05, 3.63) is 83.4 Å². The van der Waals surface area contributed by atoms with Gasteiger partial charge in [-0.15, -0.1) is 0 Å². The summed E-state index contributed by atoms with van der Waals surface area (Å²) in [6, 6.07) is 15.0. The van der Waals surface area contributed by atoms with E-state index in [1.54, 1.807) is 37.3 Å². The van der Waals surface area contributed by atoms with E-state index in [1.807, 2.05) is 0 Å². The van der Waals surface area contributed by atoms with Gasteiger partial charge in [-0.1, -0.05) is 36.4 Å². The Balaban J connectivity index is 1.89. The minimum atomic E-state index is -4.80. The van der Waals surface area contributed by atoms with E-state index < -0.39 is 52.4 Å². The Kier molecular flexibility index (Phi) is 8.79. The zero-order valence-electron chi connectivity index (χ0n) is 19.6. The van der Waals surface area contributed by atoms with Crippen LogP contribution in [0.25, 0.3) is 0 Å². The van der Waals surface area contributed by atoms with Crippen LogP contribution >= 0.6 is 0 Å². The maximum atomic E-state index is 13.3. The minimum absolute atomic E-state index is 0.0621. The second kappa shape index (κ2) is 11.6. The summed E-state index contributed by atoms with van der Waals surface area (Å²) in [7, 11) is -4.41. The molecule has 3 aromatic rings. The van der Waals surface area contributed by atoms with Gasteiger partial charge in [0.15, 0.2) is 0 Å². The van der Waals surface area contributed by atoms with E-state index >= 15 is 0 Å². The second-order valence-electron chi connectivity index (χ2n) is 7.86. The number of carbonyl (C=O) groups excluding carboxylic acids is 1. The molecule has 0 spiro atoms. The number of amides is 1. The van der Waals surface area contributed by atoms with Crippen LogP contribution in [0.2, 0.25) is 0 Å². The van der Waals surface area contributed by atoms with Crippen LogP contribution in [0.15, 0.2) is 71.6 Å². The summed E-state index contributed by atoms with van der Waals surface area (Å²) in [4.78, 5) is 12.4. The van der Waals surface area contributed by atoms with Gasteiger partial charge < -0.3 is 20.3 Å². The number of ether oxygens (including phenoxy) is 1. The molecule has 1 amide bonds. The van der Waals surface area contributed by atoms with Crippen molar-refractivity contribution in [2.45, 2.75) is 30.5 Å². The quantitative estimate of drug-likeness (QED) is 0.308. The first kappa shape index (κ1) is 28.0. The van der Waals surface area contributed by atoms with Gasteiger partial charge in [-0.2, -0.15) is 13.2 Å². The van der Waals surface area contributed by atoms with Gasteiger partial charge in [0, 0.05) is 17.4 Å². The first-order valence-electron chi connectivity index (χ1n) is 11.1. The van der Waals surface area contributed by atoms with Gasteiger partial charge in [-0.3, -0.25) is 9.52 Å². The molecule has 198 valence electrons. The Morgan fingerprint density at radius 1 is 1.00 bits per heavy atom. The molecule has 37 heavy (non-hydrogen) atoms. The van der Waals surface area contributed by atoms with E-state index in [4.69, 9.17) is 4.74 Å². The summed E-state index contributed by atoms with van der Waals surface area (Å²) < 4.78 is 73.6. The molecule has 0 radical (unpaired) electrons. The predicted molar refractivity (Wildman–Crippen MR) is 131 cm³/mol. The largest absolute Gasteiger partial charge is 0.492 e. The summed E-state index contributed by atoms with van der Waals surface area (Å²) in [5.41, 5.74) is -1.16. The summed E-state index contributed by atoms with van der Waals surface area (Å²) in [6.07, 6.45) is -4.80. The summed E-state index contributed by atoms with van der Waals surface area (Å²) >= 11 is 0. The highest BCUT2D eigenvalue weighted by molar-refractivity contribution is 7.92. The smallest absolute Gasteiger partial charge is 0.416 e. The number of carbonyl (C=O) groups is 1. The fraction of sp³-hybridized carbons (Fsp3) is 0.240. The monoisotopic (exact) mass is 538 g/mol. The maximum Gasteiger partial charge on any atom is 0.416 e. The molecule has 3 aromatic carbocycles. The molecular formula is C25H25F3N2O6S. The fourth-order valence-corrected chi connectivity index (χ4v) is 4.76. The molecule has 4 N–H and O–H groups in total. The molecule has 0 fully saturated rings. The number of nitrogens with one attached hydrogen (secondary N) is 2. The SMILES string of the molecule is CCOc1cc(NC(=O)[C@@H](CO)c2ccccc2)ccc1S(=O)(=O)Nc1ccc(CO)c(C(F)(F)F)c1. The molecule has 3 rings (SSSR count). The lowest BCUT2D eigenvalue weighted by Gasteiger charge is -2.18. The number of rotatable bonds is 10. The van der Waals surface area contributed by atoms with Crippen LogP contribution < -0.4 is 14.8 Å². The Hall–Kier alpha value is -3.61. The number of halogens is 3. The zero-order chi connectivity index (χ0) is 27.2. The standard InChI is InChI=1S/C25H25F3N2O6S/c1-2-36-22-13-18(29-24(33)20(15-32)16-6-4-3-5-7-16)10-11-23(22)37(34,35)30-19-9-8-17(14-31)21(12-19)25(26,27)28/h3-13,20,30-32H,2,14-15H2,1H3,(H,29,33)/t20-/m0/s1. The van der Waals surface area contributed by atoms with Crippen molar-refractivity contribution in [1.29, 1.82) is 0 Å². The van der Waals surface area contributed by atoms with Crippen molar-refractivity contribution in [1.82, 2.24) is 0 Å². The molecule has 0 bridgehead atoms. The summed E-state index contributed by atoms with van der Waals surface area (Å²) in [5, 5.41) is 21.5. The molecule has 0 saturated carbocycles. The van der Waals surface area contributed by atoms with Crippen LogP contribution in [0.4, 0.5) is 24.5 Å². The van der Waals surface area contributed by atoms with Gasteiger partial charge in [0.2, 0.25) is 5.91 Å². The molecule has 1 atom stereocenters. The summed E-state index contributed by atoms with van der Waals surface area (Å²) in [5.74, 6) is -1.55. The number of hydrogen-bond acceptors (Lipinski definition) is 6. The van der Waals surface area contributed by atoms with Crippen LogP contribution in [0.5, 0.6) is 5.75 Å². The van der Waals surface area contributed by atoms with Crippen molar-refractivity contribution in [2.24, 2.45) is 0 Å². The van der Waals surface area contributed by atoms with E-state index in [0.717, 1.165) is 18.2 Å². The number of anilines is 2. The van der Waals surface area contributed by atoms with Crippen LogP contribution in [-0.4, -0.2) is 37.8 Å². The van der Waals surface area contributed by atoms with E-state index in [-0.39, 0.29) is 28.6 Å². The minimum Gasteiger partial charge on any atom is -0.492 e. The fourth-order valence-electron chi connectivity index (χ4n) is 3.58. The zero-order valence-corrected chi connectivity index (χ0v) is 20.4. The van der Waals surface area contributed by atoms with Gasteiger partial charge in [0.05, 0.1) is 31.3 Å². The normalized spacial score (nSPS) is 12.6. The Labute approximate surface area is 211 Å². The third-order valence-corrected chi connectivity index (χ3v) is 6.76. The lowest BCUT2D eigenvalue weighted by molar-refractivity contribution is -0.138. The number of hydrogen-bond donors (Lipinski definition) is 4. The van der Waals surface area contributed by atoms with E-state index in [2.05, 4.69) is 10.0 Å². The Morgan fingerprint density at radius 2 is 1.68 bits per heavy atom. The van der Waals surface area contributed by atoms with Crippen molar-refractivity contribution in [2.75, 3.05) is 23.3 Å². The van der Waals surface area contributed by atoms with E-state index in [0.29, 0.717) is 11.6 Å². The molecule has 0 aliphatic rings. The van der Waals surface area contributed by atoms with Gasteiger partial charge >= 0.3 is 6.18 Å². The summed E-state index contributed by atoms with van der Waals surface area (Å²) in [6.45, 7) is 0.340. The highest BCUT2D eigenvalue weighted by atomic mass is 32.2. The van der Waals surface area contributed by atoms with Gasteiger partial charge in [-0.05, 0) is 42.3 Å². The molecule has 0 aromatic heterocycles. The van der Waals surface area contributed by atoms with E-state index in [1.165, 1.54) is 12.1 Å². The van der Waals surface area contributed by atoms with Crippen LogP contribution in [0.1, 0.15) is 29.5 Å². The molecule has 0 saturated heterocycles. The number of aliphatic hydroxyl groups excluding tert-OH is 2. The maximum absolute atomic E-state index is 13.3. The molecule has 12 heteroatoms. The highest BCUT2D eigenvalue weighted by Crippen LogP contribution is 2.35. The number of alkyl halides is 3. The van der Waals surface area contributed by atoms with E-state index in [9.17, 15) is 36.6 Å². The molecule has 8 nitrogen and oxygen atoms in total. The number of sulfonamides is 1. The van der Waals surface area contributed by atoms with Crippen molar-refractivity contribution < 1.29 is 41.3 Å². The lowest BCUT2D eigenvalue weighted by atomic mass is 9.99. The highest BCUT2D eigenvalue weighted by Gasteiger charge is 2.34. The van der Waals surface area contributed by atoms with Gasteiger partial charge in [-0.25, -0.2) is 8.42 Å². The third-order valence-electron chi connectivity index (χ3n) is 5.34. The van der Waals surface area contributed by atoms with Crippen molar-refractivity contribution in [3.63, 3.8) is 0 Å². The molecule has 0 heterocycles. The third kappa shape index (κ3) is 6.79.